The average molecular weight is 268 g/mol. The van der Waals surface area contributed by atoms with Crippen LogP contribution >= 0.6 is 0 Å². The first kappa shape index (κ1) is 14.2. The summed E-state index contributed by atoms with van der Waals surface area (Å²) in [5, 5.41) is 12.9. The number of aromatic nitrogens is 2. The molecule has 0 aliphatic rings. The molecule has 1 unspecified atom stereocenters. The van der Waals surface area contributed by atoms with E-state index in [-0.39, 0.29) is 12.4 Å². The van der Waals surface area contributed by atoms with Crippen LogP contribution in [-0.4, -0.2) is 22.1 Å². The first-order chi connectivity index (χ1) is 8.22. The Kier molecular flexibility index (Phi) is 4.85. The van der Waals surface area contributed by atoms with E-state index in [0.717, 1.165) is 10.9 Å². The molecule has 0 aliphatic heterocycles. The summed E-state index contributed by atoms with van der Waals surface area (Å²) in [6, 6.07) is 6.97. The topological polar surface area (TPSA) is 76.4 Å². The minimum absolute atomic E-state index is 0. The Labute approximate surface area is 111 Å². The molecule has 0 fully saturated rings. The second-order valence-electron chi connectivity index (χ2n) is 3.74. The first-order valence-electron chi connectivity index (χ1n) is 5.47. The molecule has 5 nitrogen and oxygen atoms in total. The van der Waals surface area contributed by atoms with Gasteiger partial charge in [0.05, 0.1) is 5.39 Å². The number of carboxylic acid groups (broad SMARTS) is 1. The fourth-order valence-corrected chi connectivity index (χ4v) is 1.67. The Balaban J connectivity index is 0.00000162. The van der Waals surface area contributed by atoms with Gasteiger partial charge in [-0.15, -0.1) is 4.98 Å². The summed E-state index contributed by atoms with van der Waals surface area (Å²) in [5.74, 6) is -0.174. The molecule has 0 saturated heterocycles. The fraction of sp³-hybridized carbons (Fsp3) is 0.250. The van der Waals surface area contributed by atoms with Gasteiger partial charge in [0.1, 0.15) is 0 Å². The van der Waals surface area contributed by atoms with Gasteiger partial charge >= 0.3 is 5.97 Å². The van der Waals surface area contributed by atoms with Gasteiger partial charge < -0.3 is 17.5 Å². The zero-order chi connectivity index (χ0) is 12.3. The minimum Gasteiger partial charge on any atom is -1.00 e. The SMILES string of the molecule is CCC(Nc1[nH+]cnc2ccccc12)C(=O)O.[Cl-]. The van der Waals surface area contributed by atoms with Gasteiger partial charge in [-0.1, -0.05) is 19.1 Å². The molecule has 1 aromatic heterocycles. The van der Waals surface area contributed by atoms with E-state index >= 15 is 0 Å². The lowest BCUT2D eigenvalue weighted by Crippen LogP contribution is -3.00. The summed E-state index contributed by atoms with van der Waals surface area (Å²) in [4.78, 5) is 18.1. The predicted molar refractivity (Wildman–Crippen MR) is 63.6 cm³/mol. The summed E-state index contributed by atoms with van der Waals surface area (Å²) < 4.78 is 0. The van der Waals surface area contributed by atoms with Crippen LogP contribution in [-0.2, 0) is 4.79 Å². The van der Waals surface area contributed by atoms with Crippen molar-refractivity contribution in [1.29, 1.82) is 0 Å². The molecule has 3 N–H and O–H groups in total. The van der Waals surface area contributed by atoms with Gasteiger partial charge in [-0.2, -0.15) is 0 Å². The zero-order valence-corrected chi connectivity index (χ0v) is 10.6. The number of nitrogens with one attached hydrogen (secondary N) is 2. The van der Waals surface area contributed by atoms with Gasteiger partial charge in [0.25, 0.3) is 0 Å². The van der Waals surface area contributed by atoms with E-state index in [4.69, 9.17) is 5.11 Å². The number of nitrogens with zero attached hydrogens (tertiary/aromatic N) is 1. The third-order valence-corrected chi connectivity index (χ3v) is 2.61. The van der Waals surface area contributed by atoms with Gasteiger partial charge in [-0.3, -0.25) is 5.32 Å². The Morgan fingerprint density at radius 1 is 1.50 bits per heavy atom. The fourth-order valence-electron chi connectivity index (χ4n) is 1.67. The number of carbonyl (C=O) groups is 1. The Hall–Kier alpha value is -1.88. The van der Waals surface area contributed by atoms with Crippen molar-refractivity contribution in [3.8, 4) is 0 Å². The van der Waals surface area contributed by atoms with Crippen LogP contribution in [0.15, 0.2) is 30.6 Å². The van der Waals surface area contributed by atoms with Crippen LogP contribution in [0, 0.1) is 0 Å². The smallest absolute Gasteiger partial charge is 0.341 e. The van der Waals surface area contributed by atoms with Crippen LogP contribution in [0.1, 0.15) is 13.3 Å². The maximum atomic E-state index is 11.0. The molecule has 6 heteroatoms. The molecule has 0 saturated carbocycles. The van der Waals surface area contributed by atoms with E-state index in [1.165, 1.54) is 0 Å². The van der Waals surface area contributed by atoms with E-state index in [0.29, 0.717) is 12.2 Å². The monoisotopic (exact) mass is 267 g/mol. The molecule has 0 spiro atoms. The quantitative estimate of drug-likeness (QED) is 0.694. The Morgan fingerprint density at radius 2 is 2.22 bits per heavy atom. The number of hydrogen-bond donors (Lipinski definition) is 2. The number of anilines is 1. The molecule has 2 rings (SSSR count). The molecule has 1 heterocycles. The average Bonchev–Trinajstić information content (AvgIpc) is 2.35. The first-order valence-corrected chi connectivity index (χ1v) is 5.47. The van der Waals surface area contributed by atoms with Crippen molar-refractivity contribution in [3.63, 3.8) is 0 Å². The summed E-state index contributed by atoms with van der Waals surface area (Å²) in [6.45, 7) is 1.83. The van der Waals surface area contributed by atoms with Crippen LogP contribution in [0.4, 0.5) is 5.82 Å². The molecule has 0 radical (unpaired) electrons. The highest BCUT2D eigenvalue weighted by atomic mass is 35.5. The third-order valence-electron chi connectivity index (χ3n) is 2.61. The number of H-pyrrole nitrogens is 1. The highest BCUT2D eigenvalue weighted by Gasteiger charge is 2.20. The molecule has 0 amide bonds. The highest BCUT2D eigenvalue weighted by Crippen LogP contribution is 2.17. The molecular weight excluding hydrogens is 254 g/mol. The van der Waals surface area contributed by atoms with E-state index in [1.54, 1.807) is 6.33 Å². The molecule has 2 aromatic rings. The second kappa shape index (κ2) is 6.16. The minimum atomic E-state index is -0.859. The van der Waals surface area contributed by atoms with Crippen molar-refractivity contribution in [3.05, 3.63) is 30.6 Å². The summed E-state index contributed by atoms with van der Waals surface area (Å²) >= 11 is 0. The number of para-hydroxylation sites is 1. The number of fused-ring (bicyclic) bond motifs is 1. The molecule has 0 aliphatic carbocycles. The van der Waals surface area contributed by atoms with E-state index in [1.807, 2.05) is 31.2 Å². The second-order valence-corrected chi connectivity index (χ2v) is 3.74. The number of halogens is 1. The lowest BCUT2D eigenvalue weighted by Gasteiger charge is -2.09. The van der Waals surface area contributed by atoms with Crippen LogP contribution in [0.5, 0.6) is 0 Å². The molecular formula is C12H14ClN3O2. The van der Waals surface area contributed by atoms with E-state index in [2.05, 4.69) is 15.3 Å². The third kappa shape index (κ3) is 2.87. The van der Waals surface area contributed by atoms with Gasteiger partial charge in [0, 0.05) is 0 Å². The number of carboxylic acids is 1. The van der Waals surface area contributed by atoms with Crippen molar-refractivity contribution in [2.75, 3.05) is 5.32 Å². The van der Waals surface area contributed by atoms with Crippen molar-refractivity contribution in [1.82, 2.24) is 4.98 Å². The van der Waals surface area contributed by atoms with Crippen LogP contribution in [0.3, 0.4) is 0 Å². The molecule has 0 bridgehead atoms. The zero-order valence-electron chi connectivity index (χ0n) is 9.85. The summed E-state index contributed by atoms with van der Waals surface area (Å²) in [7, 11) is 0. The Morgan fingerprint density at radius 3 is 2.89 bits per heavy atom. The van der Waals surface area contributed by atoms with Crippen molar-refractivity contribution >= 4 is 22.7 Å². The van der Waals surface area contributed by atoms with Crippen LogP contribution < -0.4 is 22.7 Å². The van der Waals surface area contributed by atoms with Crippen molar-refractivity contribution < 1.29 is 27.3 Å². The normalized spacial score (nSPS) is 11.6. The number of rotatable bonds is 4. The molecule has 96 valence electrons. The standard InChI is InChI=1S/C12H13N3O2.ClH/c1-2-9(12(16)17)15-11-8-5-3-4-6-10(8)13-7-14-11;/h3-7,9H,2H2,1H3,(H,16,17)(H,13,14,15);1H. The lowest BCUT2D eigenvalue weighted by atomic mass is 10.2. The molecule has 1 atom stereocenters. The van der Waals surface area contributed by atoms with Gasteiger partial charge in [0.15, 0.2) is 11.6 Å². The van der Waals surface area contributed by atoms with Gasteiger partial charge in [-0.25, -0.2) is 9.78 Å². The highest BCUT2D eigenvalue weighted by molar-refractivity contribution is 5.89. The number of aromatic amines is 1. The molecule has 1 aromatic carbocycles. The molecule has 18 heavy (non-hydrogen) atoms. The maximum Gasteiger partial charge on any atom is 0.341 e. The maximum absolute atomic E-state index is 11.0. The van der Waals surface area contributed by atoms with Gasteiger partial charge in [0.2, 0.25) is 12.1 Å². The number of hydrogen-bond acceptors (Lipinski definition) is 3. The van der Waals surface area contributed by atoms with E-state index in [9.17, 15) is 4.79 Å². The summed E-state index contributed by atoms with van der Waals surface area (Å²) in [5.41, 5.74) is 0.828. The lowest BCUT2D eigenvalue weighted by molar-refractivity contribution is -0.364. The van der Waals surface area contributed by atoms with Crippen LogP contribution in [0.2, 0.25) is 0 Å². The van der Waals surface area contributed by atoms with Crippen LogP contribution in [0.25, 0.3) is 10.9 Å². The predicted octanol–water partition coefficient (Wildman–Crippen LogP) is -1.67. The van der Waals surface area contributed by atoms with Crippen molar-refractivity contribution in [2.24, 2.45) is 0 Å². The summed E-state index contributed by atoms with van der Waals surface area (Å²) in [6.07, 6.45) is 2.07. The number of aliphatic carboxylic acids is 1. The largest absolute Gasteiger partial charge is 1.00 e. The van der Waals surface area contributed by atoms with Crippen molar-refractivity contribution in [2.45, 2.75) is 19.4 Å². The van der Waals surface area contributed by atoms with Gasteiger partial charge in [-0.05, 0) is 18.6 Å². The van der Waals surface area contributed by atoms with E-state index < -0.39 is 12.0 Å². The number of benzene rings is 1. The Bertz CT molecular complexity index is 542.